The van der Waals surface area contributed by atoms with Gasteiger partial charge in [-0.25, -0.2) is 0 Å². The third-order valence-electron chi connectivity index (χ3n) is 5.78. The zero-order valence-electron chi connectivity index (χ0n) is 16.7. The molecule has 1 fully saturated rings. The summed E-state index contributed by atoms with van der Waals surface area (Å²) in [5.74, 6) is -0.852. The number of Topliss-reactive ketones (excluding diaryl/α,β-unsaturated/α-hetero) is 1. The molecule has 0 bridgehead atoms. The van der Waals surface area contributed by atoms with Gasteiger partial charge in [-0.05, 0) is 37.1 Å². The van der Waals surface area contributed by atoms with Gasteiger partial charge in [0.15, 0.2) is 11.6 Å². The van der Waals surface area contributed by atoms with Gasteiger partial charge in [0.05, 0.1) is 17.9 Å². The number of carbonyl (C=O) groups is 2. The van der Waals surface area contributed by atoms with E-state index in [0.717, 1.165) is 12.5 Å². The summed E-state index contributed by atoms with van der Waals surface area (Å²) in [7, 11) is 0. The molecule has 1 aromatic rings. The van der Waals surface area contributed by atoms with Crippen LogP contribution in [0, 0.1) is 0 Å². The van der Waals surface area contributed by atoms with Crippen LogP contribution in [-0.2, 0) is 9.47 Å². The van der Waals surface area contributed by atoms with E-state index in [4.69, 9.17) is 9.47 Å². The predicted molar refractivity (Wildman–Crippen MR) is 105 cm³/mol. The molecule has 0 saturated carbocycles. The molecule has 0 aromatic heterocycles. The van der Waals surface area contributed by atoms with Gasteiger partial charge in [-0.2, -0.15) is 0 Å². The molecule has 1 saturated heterocycles. The average Bonchev–Trinajstić information content (AvgIpc) is 2.69. The minimum Gasteiger partial charge on any atom is -0.507 e. The van der Waals surface area contributed by atoms with Crippen molar-refractivity contribution in [3.05, 3.63) is 45.7 Å². The van der Waals surface area contributed by atoms with Crippen molar-refractivity contribution in [2.75, 3.05) is 6.61 Å². The predicted octanol–water partition coefficient (Wildman–Crippen LogP) is 1.41. The van der Waals surface area contributed by atoms with Crippen LogP contribution < -0.4 is 0 Å². The molecule has 8 heteroatoms. The summed E-state index contributed by atoms with van der Waals surface area (Å²) < 4.78 is 11.2. The molecule has 0 spiro atoms. The maximum absolute atomic E-state index is 13.3. The zero-order chi connectivity index (χ0) is 21.7. The number of hydrogen-bond acceptors (Lipinski definition) is 8. The van der Waals surface area contributed by atoms with Crippen molar-refractivity contribution in [3.63, 3.8) is 0 Å². The van der Waals surface area contributed by atoms with Crippen LogP contribution in [0.3, 0.4) is 0 Å². The number of phenols is 1. The lowest BCUT2D eigenvalue weighted by atomic mass is 9.80. The van der Waals surface area contributed by atoms with Gasteiger partial charge in [-0.1, -0.05) is 13.3 Å². The van der Waals surface area contributed by atoms with Crippen molar-refractivity contribution in [1.29, 1.82) is 0 Å². The van der Waals surface area contributed by atoms with E-state index in [0.29, 0.717) is 23.3 Å². The first kappa shape index (κ1) is 20.7. The van der Waals surface area contributed by atoms with Crippen LogP contribution in [0.4, 0.5) is 0 Å². The molecule has 4 N–H and O–H groups in total. The second kappa shape index (κ2) is 7.63. The first-order valence-corrected chi connectivity index (χ1v) is 9.95. The van der Waals surface area contributed by atoms with Gasteiger partial charge >= 0.3 is 0 Å². The van der Waals surface area contributed by atoms with E-state index in [-0.39, 0.29) is 29.1 Å². The molecular formula is C22H24O8. The number of ketones is 2. The highest BCUT2D eigenvalue weighted by Crippen LogP contribution is 2.44. The molecule has 2 heterocycles. The first-order valence-electron chi connectivity index (χ1n) is 9.95. The molecule has 0 radical (unpaired) electrons. The molecule has 160 valence electrons. The number of phenolic OH excluding ortho intramolecular Hbond substituents is 1. The maximum atomic E-state index is 13.3. The van der Waals surface area contributed by atoms with Crippen molar-refractivity contribution in [2.24, 2.45) is 0 Å². The standard InChI is InChI=1S/C22H24O8/c1-3-4-15-16-10(5-9(2)30-15)6-11-13(23)7-12(18(25)17(11)20(16)27)22-21(28)19(26)14(24)8-29-22/h5-7,14-15,19,21-22,24,26-28H,3-4,8H2,1-2H3/t14-,15-,19-,21-,22+/m1/s1. The number of aromatic hydroxyl groups is 1. The Labute approximate surface area is 173 Å². The highest BCUT2D eigenvalue weighted by molar-refractivity contribution is 6.26. The molecule has 3 aliphatic rings. The van der Waals surface area contributed by atoms with E-state index in [9.17, 15) is 30.0 Å². The monoisotopic (exact) mass is 416 g/mol. The Morgan fingerprint density at radius 2 is 1.87 bits per heavy atom. The molecule has 1 aromatic carbocycles. The summed E-state index contributed by atoms with van der Waals surface area (Å²) in [6.45, 7) is 3.46. The number of ether oxygens (including phenoxy) is 2. The molecule has 4 rings (SSSR count). The molecule has 2 aliphatic heterocycles. The van der Waals surface area contributed by atoms with Crippen LogP contribution in [-0.4, -0.2) is 63.0 Å². The third-order valence-corrected chi connectivity index (χ3v) is 5.78. The van der Waals surface area contributed by atoms with Gasteiger partial charge in [0, 0.05) is 16.7 Å². The summed E-state index contributed by atoms with van der Waals surface area (Å²) >= 11 is 0. The van der Waals surface area contributed by atoms with E-state index in [2.05, 4.69) is 0 Å². The molecule has 0 unspecified atom stereocenters. The second-order valence-corrected chi connectivity index (χ2v) is 7.90. The Kier molecular flexibility index (Phi) is 5.27. The highest BCUT2D eigenvalue weighted by atomic mass is 16.5. The molecular weight excluding hydrogens is 392 g/mol. The van der Waals surface area contributed by atoms with Crippen LogP contribution in [0.1, 0.15) is 64.6 Å². The van der Waals surface area contributed by atoms with Gasteiger partial charge in [-0.15, -0.1) is 0 Å². The lowest BCUT2D eigenvalue weighted by molar-refractivity contribution is -0.175. The minimum atomic E-state index is -1.60. The Bertz CT molecular complexity index is 976. The summed E-state index contributed by atoms with van der Waals surface area (Å²) in [6.07, 6.45) is -2.00. The van der Waals surface area contributed by atoms with Crippen molar-refractivity contribution in [3.8, 4) is 5.75 Å². The van der Waals surface area contributed by atoms with Crippen molar-refractivity contribution in [1.82, 2.24) is 0 Å². The summed E-state index contributed by atoms with van der Waals surface area (Å²) in [5.41, 5.74) is 0.803. The van der Waals surface area contributed by atoms with E-state index in [1.807, 2.05) is 6.92 Å². The van der Waals surface area contributed by atoms with Gasteiger partial charge in [0.25, 0.3) is 0 Å². The topological polar surface area (TPSA) is 134 Å². The van der Waals surface area contributed by atoms with Crippen LogP contribution >= 0.6 is 0 Å². The number of carbonyl (C=O) groups excluding carboxylic acids is 2. The minimum absolute atomic E-state index is 0.0621. The fourth-order valence-corrected chi connectivity index (χ4v) is 4.31. The largest absolute Gasteiger partial charge is 0.507 e. The summed E-state index contributed by atoms with van der Waals surface area (Å²) in [5, 5.41) is 40.9. The zero-order valence-corrected chi connectivity index (χ0v) is 16.7. The fraction of sp³-hybridized carbons (Fsp3) is 0.455. The van der Waals surface area contributed by atoms with Crippen molar-refractivity contribution in [2.45, 2.75) is 57.2 Å². The fourth-order valence-electron chi connectivity index (χ4n) is 4.31. The number of aliphatic hydroxyl groups excluding tert-OH is 3. The van der Waals surface area contributed by atoms with Gasteiger partial charge in [0.1, 0.15) is 36.3 Å². The average molecular weight is 416 g/mol. The quantitative estimate of drug-likeness (QED) is 0.581. The second-order valence-electron chi connectivity index (χ2n) is 7.90. The van der Waals surface area contributed by atoms with Crippen molar-refractivity contribution < 1.29 is 39.5 Å². The van der Waals surface area contributed by atoms with Gasteiger partial charge in [0.2, 0.25) is 0 Å². The maximum Gasteiger partial charge on any atom is 0.196 e. The SMILES string of the molecule is CCC[C@H]1OC(C)=Cc2cc3c(c(O)c21)C(=O)C([C@@H]1OC[C@@H](O)[C@@H](O)[C@H]1O)=CC3=O. The lowest BCUT2D eigenvalue weighted by Crippen LogP contribution is -2.54. The third kappa shape index (κ3) is 3.16. The Balaban J connectivity index is 1.81. The number of aliphatic hydroxyl groups is 3. The van der Waals surface area contributed by atoms with Gasteiger partial charge in [-0.3, -0.25) is 9.59 Å². The van der Waals surface area contributed by atoms with Gasteiger partial charge < -0.3 is 29.9 Å². The number of benzene rings is 1. The first-order chi connectivity index (χ1) is 14.2. The molecule has 8 nitrogen and oxygen atoms in total. The molecule has 1 aliphatic carbocycles. The Hall–Kier alpha value is -2.52. The lowest BCUT2D eigenvalue weighted by Gasteiger charge is -2.37. The molecule has 0 amide bonds. The van der Waals surface area contributed by atoms with Crippen LogP contribution in [0.25, 0.3) is 6.08 Å². The normalized spacial score (nSPS) is 30.8. The van der Waals surface area contributed by atoms with E-state index in [1.165, 1.54) is 0 Å². The van der Waals surface area contributed by atoms with Crippen LogP contribution in [0.5, 0.6) is 5.75 Å². The summed E-state index contributed by atoms with van der Waals surface area (Å²) in [4.78, 5) is 26.1. The highest BCUT2D eigenvalue weighted by Gasteiger charge is 2.44. The van der Waals surface area contributed by atoms with E-state index < -0.39 is 42.1 Å². The number of rotatable bonds is 3. The van der Waals surface area contributed by atoms with E-state index >= 15 is 0 Å². The molecule has 5 atom stereocenters. The smallest absolute Gasteiger partial charge is 0.196 e. The molecule has 30 heavy (non-hydrogen) atoms. The summed E-state index contributed by atoms with van der Waals surface area (Å²) in [6, 6.07) is 1.57. The number of fused-ring (bicyclic) bond motifs is 2. The number of allylic oxidation sites excluding steroid dienone is 2. The van der Waals surface area contributed by atoms with E-state index in [1.54, 1.807) is 19.1 Å². The number of hydrogen-bond donors (Lipinski definition) is 4. The van der Waals surface area contributed by atoms with Crippen LogP contribution in [0.15, 0.2) is 23.5 Å². The Morgan fingerprint density at radius 1 is 1.13 bits per heavy atom. The Morgan fingerprint density at radius 3 is 2.57 bits per heavy atom. The van der Waals surface area contributed by atoms with Crippen molar-refractivity contribution >= 4 is 17.6 Å². The van der Waals surface area contributed by atoms with Crippen LogP contribution in [0.2, 0.25) is 0 Å².